The van der Waals surface area contributed by atoms with Crippen molar-refractivity contribution in [2.24, 2.45) is 0 Å². The van der Waals surface area contributed by atoms with Crippen LogP contribution in [-0.4, -0.2) is 32.3 Å². The lowest BCUT2D eigenvalue weighted by Gasteiger charge is -2.24. The van der Waals surface area contributed by atoms with Gasteiger partial charge in [-0.25, -0.2) is 8.42 Å². The van der Waals surface area contributed by atoms with E-state index >= 15 is 0 Å². The molecule has 6 nitrogen and oxygen atoms in total. The number of halogens is 2. The van der Waals surface area contributed by atoms with E-state index in [1.807, 2.05) is 25.1 Å². The average molecular weight is 552 g/mol. The highest BCUT2D eigenvalue weighted by Gasteiger charge is 2.28. The van der Waals surface area contributed by atoms with Gasteiger partial charge >= 0.3 is 0 Å². The number of nitrogens with one attached hydrogen (secondary N) is 1. The Balaban J connectivity index is 1.86. The first-order valence-electron chi connectivity index (χ1n) is 10.1. The topological polar surface area (TPSA) is 75.7 Å². The van der Waals surface area contributed by atoms with Gasteiger partial charge in [-0.1, -0.05) is 63.9 Å². The van der Waals surface area contributed by atoms with Crippen molar-refractivity contribution in [3.8, 4) is 5.75 Å². The highest BCUT2D eigenvalue weighted by atomic mass is 79.9. The third-order valence-corrected chi connectivity index (χ3v) is 7.76. The Morgan fingerprint density at radius 1 is 1.06 bits per heavy atom. The Bertz CT molecular complexity index is 1220. The van der Waals surface area contributed by atoms with Gasteiger partial charge in [0.2, 0.25) is 15.9 Å². The van der Waals surface area contributed by atoms with Crippen LogP contribution in [0.15, 0.2) is 82.2 Å². The van der Waals surface area contributed by atoms with Crippen molar-refractivity contribution in [1.82, 2.24) is 9.62 Å². The van der Waals surface area contributed by atoms with Crippen LogP contribution in [0, 0.1) is 0 Å². The van der Waals surface area contributed by atoms with E-state index in [1.54, 1.807) is 49.6 Å². The number of methoxy groups -OCH3 is 1. The summed E-state index contributed by atoms with van der Waals surface area (Å²) in [5.74, 6) is 0.196. The summed E-state index contributed by atoms with van der Waals surface area (Å²) in [6.07, 6.45) is 0. The Hall–Kier alpha value is -2.39. The Morgan fingerprint density at radius 2 is 1.70 bits per heavy atom. The fraction of sp³-hybridized carbons (Fsp3) is 0.208. The third kappa shape index (κ3) is 6.35. The fourth-order valence-electron chi connectivity index (χ4n) is 3.35. The summed E-state index contributed by atoms with van der Waals surface area (Å²) in [4.78, 5) is 13.0. The molecule has 0 spiro atoms. The molecule has 0 radical (unpaired) electrons. The number of benzene rings is 3. The SMILES string of the molecule is COc1ccccc1C(C)NC(=O)CN(Cc1ccccc1Cl)S(=O)(=O)c1ccc(Br)cc1. The van der Waals surface area contributed by atoms with Crippen molar-refractivity contribution in [3.63, 3.8) is 0 Å². The predicted molar refractivity (Wildman–Crippen MR) is 133 cm³/mol. The van der Waals surface area contributed by atoms with Crippen LogP contribution in [-0.2, 0) is 21.4 Å². The van der Waals surface area contributed by atoms with E-state index < -0.39 is 15.9 Å². The first-order valence-corrected chi connectivity index (χ1v) is 12.7. The number of carbonyl (C=O) groups is 1. The predicted octanol–water partition coefficient (Wildman–Crippen LogP) is 5.18. The van der Waals surface area contributed by atoms with Crippen LogP contribution in [0.25, 0.3) is 0 Å². The first kappa shape index (κ1) is 25.2. The smallest absolute Gasteiger partial charge is 0.243 e. The average Bonchev–Trinajstić information content (AvgIpc) is 2.80. The van der Waals surface area contributed by atoms with Gasteiger partial charge in [-0.15, -0.1) is 0 Å². The summed E-state index contributed by atoms with van der Waals surface area (Å²) in [5, 5.41) is 3.30. The maximum atomic E-state index is 13.4. The molecule has 33 heavy (non-hydrogen) atoms. The number of nitrogens with zero attached hydrogens (tertiary/aromatic N) is 1. The molecular weight excluding hydrogens is 528 g/mol. The third-order valence-electron chi connectivity index (χ3n) is 5.06. The highest BCUT2D eigenvalue weighted by molar-refractivity contribution is 9.10. The van der Waals surface area contributed by atoms with Crippen LogP contribution in [0.4, 0.5) is 0 Å². The second kappa shape index (κ2) is 11.2. The van der Waals surface area contributed by atoms with Crippen LogP contribution >= 0.6 is 27.5 Å². The van der Waals surface area contributed by atoms with Gasteiger partial charge in [0.15, 0.2) is 0 Å². The number of para-hydroxylation sites is 1. The number of carbonyl (C=O) groups excluding carboxylic acids is 1. The molecule has 3 rings (SSSR count). The van der Waals surface area contributed by atoms with E-state index in [4.69, 9.17) is 16.3 Å². The van der Waals surface area contributed by atoms with Crippen molar-refractivity contribution in [2.75, 3.05) is 13.7 Å². The summed E-state index contributed by atoms with van der Waals surface area (Å²) in [6.45, 7) is 1.40. The molecule has 0 aromatic heterocycles. The van der Waals surface area contributed by atoms with Crippen molar-refractivity contribution < 1.29 is 17.9 Å². The van der Waals surface area contributed by atoms with Gasteiger partial charge in [0.1, 0.15) is 5.75 Å². The van der Waals surface area contributed by atoms with Gasteiger partial charge in [-0.2, -0.15) is 4.31 Å². The van der Waals surface area contributed by atoms with Gasteiger partial charge in [-0.3, -0.25) is 4.79 Å². The molecule has 1 unspecified atom stereocenters. The lowest BCUT2D eigenvalue weighted by Crippen LogP contribution is -2.41. The number of rotatable bonds is 9. The number of sulfonamides is 1. The van der Waals surface area contributed by atoms with Crippen LogP contribution < -0.4 is 10.1 Å². The molecule has 3 aromatic carbocycles. The molecule has 0 aliphatic rings. The molecule has 174 valence electrons. The molecule has 1 N–H and O–H groups in total. The summed E-state index contributed by atoms with van der Waals surface area (Å²) < 4.78 is 34.1. The summed E-state index contributed by atoms with van der Waals surface area (Å²) in [6, 6.07) is 20.2. The standard InChI is InChI=1S/C24H24BrClN2O4S/c1-17(21-8-4-6-10-23(21)32-2)27-24(29)16-28(15-18-7-3-5-9-22(18)26)33(30,31)20-13-11-19(25)12-14-20/h3-14,17H,15-16H2,1-2H3,(H,27,29). The first-order chi connectivity index (χ1) is 15.7. The second-order valence-corrected chi connectivity index (χ2v) is 10.6. The van der Waals surface area contributed by atoms with Crippen molar-refractivity contribution in [1.29, 1.82) is 0 Å². The highest BCUT2D eigenvalue weighted by Crippen LogP contribution is 2.26. The van der Waals surface area contributed by atoms with Crippen molar-refractivity contribution >= 4 is 43.5 Å². The van der Waals surface area contributed by atoms with Crippen LogP contribution in [0.2, 0.25) is 5.02 Å². The molecule has 3 aromatic rings. The molecule has 1 atom stereocenters. The summed E-state index contributed by atoms with van der Waals surface area (Å²) >= 11 is 9.59. The molecule has 0 saturated heterocycles. The maximum Gasteiger partial charge on any atom is 0.243 e. The zero-order chi connectivity index (χ0) is 24.0. The largest absolute Gasteiger partial charge is 0.496 e. The second-order valence-electron chi connectivity index (χ2n) is 7.35. The number of hydrogen-bond donors (Lipinski definition) is 1. The summed E-state index contributed by atoms with van der Waals surface area (Å²) in [7, 11) is -2.41. The van der Waals surface area contributed by atoms with E-state index in [-0.39, 0.29) is 24.0 Å². The van der Waals surface area contributed by atoms with Gasteiger partial charge < -0.3 is 10.1 Å². The lowest BCUT2D eigenvalue weighted by molar-refractivity contribution is -0.122. The van der Waals surface area contributed by atoms with Crippen molar-refractivity contribution in [3.05, 3.63) is 93.4 Å². The molecular formula is C24H24BrClN2O4S. The Kier molecular flexibility index (Phi) is 8.53. The monoisotopic (exact) mass is 550 g/mol. The summed E-state index contributed by atoms with van der Waals surface area (Å²) in [5.41, 5.74) is 1.40. The molecule has 0 heterocycles. The van der Waals surface area contributed by atoms with E-state index in [0.717, 1.165) is 14.3 Å². The van der Waals surface area contributed by atoms with Gasteiger partial charge in [0, 0.05) is 21.6 Å². The minimum atomic E-state index is -3.97. The van der Waals surface area contributed by atoms with Gasteiger partial charge in [0.25, 0.3) is 0 Å². The zero-order valence-corrected chi connectivity index (χ0v) is 21.3. The van der Waals surface area contributed by atoms with Crippen LogP contribution in [0.3, 0.4) is 0 Å². The van der Waals surface area contributed by atoms with Crippen molar-refractivity contribution in [2.45, 2.75) is 24.4 Å². The van der Waals surface area contributed by atoms with Crippen LogP contribution in [0.1, 0.15) is 24.1 Å². The Morgan fingerprint density at radius 3 is 2.36 bits per heavy atom. The van der Waals surface area contributed by atoms with E-state index in [9.17, 15) is 13.2 Å². The van der Waals surface area contributed by atoms with E-state index in [2.05, 4.69) is 21.2 Å². The number of ether oxygens (including phenoxy) is 1. The van der Waals surface area contributed by atoms with E-state index in [1.165, 1.54) is 12.1 Å². The maximum absolute atomic E-state index is 13.4. The molecule has 0 aliphatic heterocycles. The molecule has 1 amide bonds. The molecule has 0 fully saturated rings. The van der Waals surface area contributed by atoms with E-state index in [0.29, 0.717) is 16.3 Å². The van der Waals surface area contributed by atoms with Crippen LogP contribution in [0.5, 0.6) is 5.75 Å². The van der Waals surface area contributed by atoms with Gasteiger partial charge in [-0.05, 0) is 48.9 Å². The lowest BCUT2D eigenvalue weighted by atomic mass is 10.1. The minimum Gasteiger partial charge on any atom is -0.496 e. The fourth-order valence-corrected chi connectivity index (χ4v) is 5.18. The molecule has 0 saturated carbocycles. The molecule has 0 aliphatic carbocycles. The number of hydrogen-bond acceptors (Lipinski definition) is 4. The molecule has 9 heteroatoms. The molecule has 0 bridgehead atoms. The zero-order valence-electron chi connectivity index (χ0n) is 18.2. The quantitative estimate of drug-likeness (QED) is 0.398. The normalized spacial score (nSPS) is 12.4. The van der Waals surface area contributed by atoms with Gasteiger partial charge in [0.05, 0.1) is 24.6 Å². The number of amides is 1. The Labute approximate surface area is 207 Å². The minimum absolute atomic E-state index is 0.0471.